The summed E-state index contributed by atoms with van der Waals surface area (Å²) in [5, 5.41) is 14.0. The monoisotopic (exact) mass is 448 g/mol. The third-order valence-corrected chi connectivity index (χ3v) is 4.93. The molecule has 0 spiro atoms. The van der Waals surface area contributed by atoms with Gasteiger partial charge in [0.1, 0.15) is 11.5 Å². The van der Waals surface area contributed by atoms with Gasteiger partial charge in [-0.05, 0) is 48.0 Å². The second kappa shape index (κ2) is 10.4. The highest BCUT2D eigenvalue weighted by Gasteiger charge is 2.16. The summed E-state index contributed by atoms with van der Waals surface area (Å²) in [7, 11) is 1.55. The molecule has 8 nitrogen and oxygen atoms in total. The minimum atomic E-state index is -0.485. The lowest BCUT2D eigenvalue weighted by Crippen LogP contribution is -2.18. The molecular weight excluding hydrogens is 424 g/mol. The number of nitrogens with zero attached hydrogens (tertiary/aromatic N) is 1. The summed E-state index contributed by atoms with van der Waals surface area (Å²) in [5.74, 6) is 0.466. The van der Waals surface area contributed by atoms with E-state index in [1.165, 1.54) is 18.2 Å². The molecule has 3 aromatic carbocycles. The number of nitro groups is 1. The van der Waals surface area contributed by atoms with Gasteiger partial charge in [0.15, 0.2) is 12.4 Å². The van der Waals surface area contributed by atoms with Gasteiger partial charge in [0.05, 0.1) is 12.0 Å². The van der Waals surface area contributed by atoms with E-state index in [1.54, 1.807) is 69.5 Å². The number of carbonyl (C=O) groups excluding carboxylic acids is 2. The van der Waals surface area contributed by atoms with Crippen molar-refractivity contribution in [3.8, 4) is 22.6 Å². The Kier molecular flexibility index (Phi) is 7.40. The third kappa shape index (κ3) is 5.94. The number of benzene rings is 3. The van der Waals surface area contributed by atoms with E-state index in [0.29, 0.717) is 33.9 Å². The number of anilines is 1. The number of non-ortho nitro benzene ring substituents is 1. The number of hydrogen-bond donors (Lipinski definition) is 1. The first-order valence-corrected chi connectivity index (χ1v) is 10.3. The van der Waals surface area contributed by atoms with E-state index < -0.39 is 4.92 Å². The molecule has 0 aliphatic heterocycles. The lowest BCUT2D eigenvalue weighted by atomic mass is 10.0. The fraction of sp³-hybridized carbons (Fsp3) is 0.200. The van der Waals surface area contributed by atoms with E-state index >= 15 is 0 Å². The summed E-state index contributed by atoms with van der Waals surface area (Å²) >= 11 is 0. The predicted octanol–water partition coefficient (Wildman–Crippen LogP) is 5.13. The number of nitro benzene ring substituents is 1. The van der Waals surface area contributed by atoms with E-state index in [0.717, 1.165) is 0 Å². The quantitative estimate of drug-likeness (QED) is 0.276. The van der Waals surface area contributed by atoms with Crippen molar-refractivity contribution in [2.45, 2.75) is 13.8 Å². The number of methoxy groups -OCH3 is 1. The molecule has 0 aliphatic rings. The van der Waals surface area contributed by atoms with Crippen LogP contribution in [0.5, 0.6) is 11.5 Å². The molecule has 8 heteroatoms. The normalized spacial score (nSPS) is 10.5. The highest BCUT2D eigenvalue weighted by molar-refractivity contribution is 5.98. The molecule has 0 saturated carbocycles. The average Bonchev–Trinajstić information content (AvgIpc) is 2.82. The van der Waals surface area contributed by atoms with Crippen LogP contribution in [0.4, 0.5) is 11.4 Å². The van der Waals surface area contributed by atoms with Gasteiger partial charge >= 0.3 is 0 Å². The lowest BCUT2D eigenvalue weighted by molar-refractivity contribution is -0.384. The molecule has 3 rings (SSSR count). The second-order valence-corrected chi connectivity index (χ2v) is 7.60. The van der Waals surface area contributed by atoms with E-state index in [2.05, 4.69) is 5.32 Å². The molecule has 0 bridgehead atoms. The largest absolute Gasteiger partial charge is 0.497 e. The SMILES string of the molecule is COc1ccc(-c2cc([N+](=O)[O-])ccc2OCC(=O)c2ccc(NC(=O)C(C)C)cc2)cc1. The number of nitrogens with one attached hydrogen (secondary N) is 1. The standard InChI is InChI=1S/C25H24N2O6/c1-16(2)25(29)26-19-8-4-18(5-9-19)23(28)15-33-24-13-10-20(27(30)31)14-22(24)17-6-11-21(32-3)12-7-17/h4-14,16H,15H2,1-3H3,(H,26,29). The Morgan fingerprint density at radius 2 is 1.67 bits per heavy atom. The number of hydrogen-bond acceptors (Lipinski definition) is 6. The fourth-order valence-corrected chi connectivity index (χ4v) is 3.01. The smallest absolute Gasteiger partial charge is 0.270 e. The summed E-state index contributed by atoms with van der Waals surface area (Å²) in [6, 6.07) is 17.8. The Hall–Kier alpha value is -4.20. The van der Waals surface area contributed by atoms with Gasteiger partial charge in [-0.15, -0.1) is 0 Å². The Morgan fingerprint density at radius 3 is 2.24 bits per heavy atom. The van der Waals surface area contributed by atoms with Crippen LogP contribution in [-0.4, -0.2) is 30.3 Å². The van der Waals surface area contributed by atoms with Gasteiger partial charge in [-0.2, -0.15) is 0 Å². The number of rotatable bonds is 9. The van der Waals surface area contributed by atoms with Gasteiger partial charge in [-0.1, -0.05) is 26.0 Å². The molecule has 1 amide bonds. The molecule has 0 unspecified atom stereocenters. The Balaban J connectivity index is 1.76. The molecule has 0 radical (unpaired) electrons. The van der Waals surface area contributed by atoms with Crippen LogP contribution in [0.3, 0.4) is 0 Å². The number of ketones is 1. The maximum Gasteiger partial charge on any atom is 0.270 e. The zero-order valence-corrected chi connectivity index (χ0v) is 18.5. The molecular formula is C25H24N2O6. The van der Waals surface area contributed by atoms with Crippen molar-refractivity contribution in [3.05, 3.63) is 82.4 Å². The topological polar surface area (TPSA) is 108 Å². The highest BCUT2D eigenvalue weighted by atomic mass is 16.6. The fourth-order valence-electron chi connectivity index (χ4n) is 3.01. The summed E-state index contributed by atoms with van der Waals surface area (Å²) in [6.45, 7) is 3.34. The lowest BCUT2D eigenvalue weighted by Gasteiger charge is -2.12. The predicted molar refractivity (Wildman–Crippen MR) is 125 cm³/mol. The number of amides is 1. The van der Waals surface area contributed by atoms with E-state index in [-0.39, 0.29) is 29.9 Å². The maximum absolute atomic E-state index is 12.6. The molecule has 0 fully saturated rings. The summed E-state index contributed by atoms with van der Waals surface area (Å²) in [4.78, 5) is 35.2. The van der Waals surface area contributed by atoms with Crippen LogP contribution in [-0.2, 0) is 4.79 Å². The van der Waals surface area contributed by atoms with Crippen LogP contribution in [0.2, 0.25) is 0 Å². The van der Waals surface area contributed by atoms with Gasteiger partial charge in [-0.3, -0.25) is 19.7 Å². The van der Waals surface area contributed by atoms with Crippen molar-refractivity contribution in [1.82, 2.24) is 0 Å². The molecule has 1 N–H and O–H groups in total. The van der Waals surface area contributed by atoms with Crippen molar-refractivity contribution in [1.29, 1.82) is 0 Å². The van der Waals surface area contributed by atoms with Crippen LogP contribution >= 0.6 is 0 Å². The zero-order valence-electron chi connectivity index (χ0n) is 18.5. The number of Topliss-reactive ketones (excluding diaryl/α,β-unsaturated/α-hetero) is 1. The molecule has 0 aliphatic carbocycles. The molecule has 0 atom stereocenters. The van der Waals surface area contributed by atoms with Gasteiger partial charge in [0.25, 0.3) is 5.69 Å². The zero-order chi connectivity index (χ0) is 24.0. The van der Waals surface area contributed by atoms with Crippen molar-refractivity contribution in [2.75, 3.05) is 19.0 Å². The molecule has 0 heterocycles. The molecule has 3 aromatic rings. The van der Waals surface area contributed by atoms with Crippen LogP contribution in [0.15, 0.2) is 66.7 Å². The minimum Gasteiger partial charge on any atom is -0.497 e. The first-order chi connectivity index (χ1) is 15.8. The van der Waals surface area contributed by atoms with Crippen molar-refractivity contribution in [2.24, 2.45) is 5.92 Å². The van der Waals surface area contributed by atoms with Gasteiger partial charge in [-0.25, -0.2) is 0 Å². The van der Waals surface area contributed by atoms with Crippen molar-refractivity contribution in [3.63, 3.8) is 0 Å². The van der Waals surface area contributed by atoms with Crippen molar-refractivity contribution >= 4 is 23.1 Å². The summed E-state index contributed by atoms with van der Waals surface area (Å²) in [6.07, 6.45) is 0. The van der Waals surface area contributed by atoms with Crippen LogP contribution < -0.4 is 14.8 Å². The minimum absolute atomic E-state index is 0.0847. The second-order valence-electron chi connectivity index (χ2n) is 7.60. The van der Waals surface area contributed by atoms with E-state index in [9.17, 15) is 19.7 Å². The first-order valence-electron chi connectivity index (χ1n) is 10.3. The molecule has 0 aromatic heterocycles. The highest BCUT2D eigenvalue weighted by Crippen LogP contribution is 2.34. The van der Waals surface area contributed by atoms with Gasteiger partial charge in [0, 0.05) is 34.9 Å². The van der Waals surface area contributed by atoms with Gasteiger partial charge < -0.3 is 14.8 Å². The number of carbonyl (C=O) groups is 2. The summed E-state index contributed by atoms with van der Waals surface area (Å²) in [5.41, 5.74) is 2.12. The Labute approximate surface area is 191 Å². The van der Waals surface area contributed by atoms with Crippen LogP contribution in [0, 0.1) is 16.0 Å². The molecule has 170 valence electrons. The number of ether oxygens (including phenoxy) is 2. The van der Waals surface area contributed by atoms with Crippen molar-refractivity contribution < 1.29 is 24.0 Å². The van der Waals surface area contributed by atoms with Crippen LogP contribution in [0.1, 0.15) is 24.2 Å². The average molecular weight is 448 g/mol. The van der Waals surface area contributed by atoms with Crippen LogP contribution in [0.25, 0.3) is 11.1 Å². The molecule has 33 heavy (non-hydrogen) atoms. The first kappa shape index (κ1) is 23.5. The Morgan fingerprint density at radius 1 is 1.00 bits per heavy atom. The maximum atomic E-state index is 12.6. The third-order valence-electron chi connectivity index (χ3n) is 4.93. The Bertz CT molecular complexity index is 1150. The van der Waals surface area contributed by atoms with E-state index in [1.807, 2.05) is 0 Å². The molecule has 0 saturated heterocycles. The van der Waals surface area contributed by atoms with Gasteiger partial charge in [0.2, 0.25) is 5.91 Å². The van der Waals surface area contributed by atoms with E-state index in [4.69, 9.17) is 9.47 Å². The summed E-state index contributed by atoms with van der Waals surface area (Å²) < 4.78 is 10.9.